The van der Waals surface area contributed by atoms with Crippen LogP contribution in [-0.4, -0.2) is 64.8 Å². The highest BCUT2D eigenvalue weighted by molar-refractivity contribution is 5.94. The normalized spacial score (nSPS) is 16.3. The third-order valence-electron chi connectivity index (χ3n) is 5.42. The molecule has 1 aliphatic rings. The number of aromatic nitrogens is 1. The largest absolute Gasteiger partial charge is 0.480 e. The summed E-state index contributed by atoms with van der Waals surface area (Å²) in [7, 11) is 1.88. The van der Waals surface area contributed by atoms with Crippen LogP contribution >= 0.6 is 0 Å². The highest BCUT2D eigenvalue weighted by Gasteiger charge is 2.31. The van der Waals surface area contributed by atoms with Crippen molar-refractivity contribution in [3.63, 3.8) is 0 Å². The molecule has 0 saturated carbocycles. The molecule has 1 fully saturated rings. The van der Waals surface area contributed by atoms with Crippen molar-refractivity contribution in [3.05, 3.63) is 39.7 Å². The van der Waals surface area contributed by atoms with Gasteiger partial charge in [-0.15, -0.1) is 0 Å². The molecule has 3 rings (SSSR count). The van der Waals surface area contributed by atoms with Crippen molar-refractivity contribution in [1.29, 1.82) is 0 Å². The number of rotatable bonds is 5. The van der Waals surface area contributed by atoms with Crippen molar-refractivity contribution in [2.75, 3.05) is 38.1 Å². The monoisotopic (exact) mass is 423 g/mol. The zero-order chi connectivity index (χ0) is 22.3. The van der Waals surface area contributed by atoms with Crippen LogP contribution in [0.1, 0.15) is 30.2 Å². The van der Waals surface area contributed by atoms with Crippen LogP contribution in [0.15, 0.2) is 17.1 Å². The van der Waals surface area contributed by atoms with Gasteiger partial charge in [0.1, 0.15) is 23.1 Å². The Hall–Kier alpha value is -3.01. The quantitative estimate of drug-likeness (QED) is 0.758. The summed E-state index contributed by atoms with van der Waals surface area (Å²) >= 11 is 0. The molecule has 30 heavy (non-hydrogen) atoms. The summed E-state index contributed by atoms with van der Waals surface area (Å²) in [6.45, 7) is 4.99. The van der Waals surface area contributed by atoms with E-state index >= 15 is 4.39 Å². The fourth-order valence-corrected chi connectivity index (χ4v) is 3.85. The molecule has 1 aromatic carbocycles. The molecule has 1 aromatic heterocycles. The first-order valence-corrected chi connectivity index (χ1v) is 9.51. The first-order valence-electron chi connectivity index (χ1n) is 9.51. The maximum atomic E-state index is 15.7. The number of hydrogen-bond donors (Lipinski definition) is 2. The number of nitrogens with zero attached hydrogens (tertiary/aromatic N) is 3. The van der Waals surface area contributed by atoms with E-state index in [1.807, 2.05) is 11.9 Å². The van der Waals surface area contributed by atoms with Gasteiger partial charge in [-0.25, -0.2) is 18.4 Å². The fourth-order valence-electron chi connectivity index (χ4n) is 3.85. The Morgan fingerprint density at radius 3 is 2.20 bits per heavy atom. The van der Waals surface area contributed by atoms with Gasteiger partial charge in [0, 0.05) is 32.4 Å². The molecule has 0 amide bonds. The molecule has 0 aliphatic carbocycles. The van der Waals surface area contributed by atoms with Crippen LogP contribution in [0, 0.1) is 17.6 Å². The van der Waals surface area contributed by atoms with Gasteiger partial charge in [0.2, 0.25) is 5.43 Å². The van der Waals surface area contributed by atoms with Crippen molar-refractivity contribution in [2.24, 2.45) is 5.92 Å². The lowest BCUT2D eigenvalue weighted by atomic mass is 10.0. The van der Waals surface area contributed by atoms with Gasteiger partial charge in [-0.05, 0) is 19.0 Å². The molecule has 0 radical (unpaired) electrons. The summed E-state index contributed by atoms with van der Waals surface area (Å²) in [5.74, 6) is -5.56. The molecule has 1 unspecified atom stereocenters. The number of piperazine rings is 1. The van der Waals surface area contributed by atoms with E-state index in [-0.39, 0.29) is 5.69 Å². The molecule has 1 saturated heterocycles. The molecule has 8 nitrogen and oxygen atoms in total. The molecule has 2 aromatic rings. The molecule has 1 aliphatic heterocycles. The fraction of sp³-hybridized carbons (Fsp3) is 0.450. The number of carboxylic acids is 2. The average molecular weight is 423 g/mol. The number of benzene rings is 1. The number of halogens is 2. The average Bonchev–Trinajstić information content (AvgIpc) is 2.64. The lowest BCUT2D eigenvalue weighted by molar-refractivity contribution is -0.142. The SMILES string of the molecule is CC(C)C(C(=O)O)n1cc(C(=O)O)c(=O)c2cc(F)c(N3CCN(C)CC3)c(F)c21. The van der Waals surface area contributed by atoms with E-state index in [1.165, 1.54) is 4.90 Å². The van der Waals surface area contributed by atoms with Gasteiger partial charge in [-0.2, -0.15) is 0 Å². The van der Waals surface area contributed by atoms with Crippen molar-refractivity contribution < 1.29 is 28.6 Å². The van der Waals surface area contributed by atoms with Gasteiger partial charge in [-0.1, -0.05) is 13.8 Å². The second kappa shape index (κ2) is 8.02. The second-order valence-corrected chi connectivity index (χ2v) is 7.82. The minimum absolute atomic E-state index is 0.347. The minimum Gasteiger partial charge on any atom is -0.480 e. The first kappa shape index (κ1) is 21.7. The molecular weight excluding hydrogens is 400 g/mol. The number of anilines is 1. The van der Waals surface area contributed by atoms with Crippen molar-refractivity contribution >= 4 is 28.5 Å². The lowest BCUT2D eigenvalue weighted by Gasteiger charge is -2.34. The van der Waals surface area contributed by atoms with E-state index in [2.05, 4.69) is 0 Å². The summed E-state index contributed by atoms with van der Waals surface area (Å²) in [6, 6.07) is -0.553. The molecule has 0 bridgehead atoms. The minimum atomic E-state index is -1.60. The van der Waals surface area contributed by atoms with Crippen LogP contribution < -0.4 is 10.3 Å². The maximum absolute atomic E-state index is 15.7. The van der Waals surface area contributed by atoms with Crippen LogP contribution in [0.3, 0.4) is 0 Å². The highest BCUT2D eigenvalue weighted by atomic mass is 19.1. The summed E-state index contributed by atoms with van der Waals surface area (Å²) in [6.07, 6.45) is 0.834. The Bertz CT molecular complexity index is 1070. The predicted octanol–water partition coefficient (Wildman–Crippen LogP) is 2.01. The van der Waals surface area contributed by atoms with Crippen molar-refractivity contribution in [1.82, 2.24) is 9.47 Å². The molecule has 1 atom stereocenters. The summed E-state index contributed by atoms with van der Waals surface area (Å²) < 4.78 is 31.5. The van der Waals surface area contributed by atoms with Crippen LogP contribution in [0.5, 0.6) is 0 Å². The Kier molecular flexibility index (Phi) is 5.80. The van der Waals surface area contributed by atoms with Gasteiger partial charge in [0.05, 0.1) is 10.9 Å². The van der Waals surface area contributed by atoms with Gasteiger partial charge in [0.25, 0.3) is 0 Å². The van der Waals surface area contributed by atoms with E-state index in [1.54, 1.807) is 13.8 Å². The molecule has 162 valence electrons. The maximum Gasteiger partial charge on any atom is 0.341 e. The van der Waals surface area contributed by atoms with E-state index < -0.39 is 57.4 Å². The highest BCUT2D eigenvalue weighted by Crippen LogP contribution is 2.33. The standard InChI is InChI=1S/C20H23F2N3O5/c1-10(2)15(20(29)30)25-9-12(19(27)28)18(26)11-8-13(21)17(14(22)16(11)25)24-6-4-23(3)5-7-24/h8-10,15H,4-7H2,1-3H3,(H,27,28)(H,29,30). The van der Waals surface area contributed by atoms with Crippen LogP contribution in [0.2, 0.25) is 0 Å². The number of fused-ring (bicyclic) bond motifs is 1. The van der Waals surface area contributed by atoms with Gasteiger partial charge >= 0.3 is 11.9 Å². The first-order chi connectivity index (χ1) is 14.0. The van der Waals surface area contributed by atoms with E-state index in [9.17, 15) is 29.0 Å². The van der Waals surface area contributed by atoms with Crippen LogP contribution in [0.4, 0.5) is 14.5 Å². The molecular formula is C20H23F2N3O5. The number of carbonyl (C=O) groups is 2. The molecule has 2 heterocycles. The Morgan fingerprint density at radius 1 is 1.10 bits per heavy atom. The summed E-state index contributed by atoms with van der Waals surface area (Å²) in [5.41, 5.74) is -2.58. The predicted molar refractivity (Wildman–Crippen MR) is 106 cm³/mol. The second-order valence-electron chi connectivity index (χ2n) is 7.82. The smallest absolute Gasteiger partial charge is 0.341 e. The van der Waals surface area contributed by atoms with Gasteiger partial charge in [0.15, 0.2) is 5.82 Å². The zero-order valence-electron chi connectivity index (χ0n) is 16.9. The Morgan fingerprint density at radius 2 is 1.70 bits per heavy atom. The van der Waals surface area contributed by atoms with E-state index in [4.69, 9.17) is 0 Å². The number of pyridine rings is 1. The number of aromatic carboxylic acids is 1. The van der Waals surface area contributed by atoms with E-state index in [0.29, 0.717) is 26.2 Å². The summed E-state index contributed by atoms with van der Waals surface area (Å²) in [4.78, 5) is 39.6. The van der Waals surface area contributed by atoms with Crippen molar-refractivity contribution in [2.45, 2.75) is 19.9 Å². The lowest BCUT2D eigenvalue weighted by Crippen LogP contribution is -2.45. The van der Waals surface area contributed by atoms with Gasteiger partial charge in [-0.3, -0.25) is 4.79 Å². The molecule has 10 heteroatoms. The van der Waals surface area contributed by atoms with Crippen LogP contribution in [0.25, 0.3) is 10.9 Å². The third kappa shape index (κ3) is 3.62. The molecule has 0 spiro atoms. The number of likely N-dealkylation sites (N-methyl/N-ethyl adjacent to an activating group) is 1. The Balaban J connectivity index is 2.39. The number of carboxylic acid groups (broad SMARTS) is 2. The Labute approximate surface area is 170 Å². The van der Waals surface area contributed by atoms with E-state index in [0.717, 1.165) is 16.8 Å². The van der Waals surface area contributed by atoms with Gasteiger partial charge < -0.3 is 24.6 Å². The number of aliphatic carboxylic acids is 1. The molecule has 2 N–H and O–H groups in total. The van der Waals surface area contributed by atoms with Crippen molar-refractivity contribution in [3.8, 4) is 0 Å². The number of hydrogen-bond acceptors (Lipinski definition) is 5. The zero-order valence-corrected chi connectivity index (χ0v) is 16.9. The van der Waals surface area contributed by atoms with Crippen LogP contribution in [-0.2, 0) is 4.79 Å². The topological polar surface area (TPSA) is 103 Å². The third-order valence-corrected chi connectivity index (χ3v) is 5.42. The summed E-state index contributed by atoms with van der Waals surface area (Å²) in [5, 5.41) is 18.6.